The van der Waals surface area contributed by atoms with Crippen LogP contribution in [0, 0.1) is 0 Å². The van der Waals surface area contributed by atoms with Crippen molar-refractivity contribution in [1.82, 2.24) is 0 Å². The molecule has 0 aliphatic carbocycles. The number of nitrogens with one attached hydrogen (secondary N) is 1. The first-order valence-electron chi connectivity index (χ1n) is 5.81. The highest BCUT2D eigenvalue weighted by Crippen LogP contribution is 2.15. The van der Waals surface area contributed by atoms with Gasteiger partial charge in [-0.2, -0.15) is 12.6 Å². The molecule has 0 saturated carbocycles. The van der Waals surface area contributed by atoms with E-state index in [1.807, 2.05) is 24.3 Å². The van der Waals surface area contributed by atoms with E-state index in [-0.39, 0.29) is 5.91 Å². The van der Waals surface area contributed by atoms with Crippen LogP contribution in [0.15, 0.2) is 24.3 Å². The summed E-state index contributed by atoms with van der Waals surface area (Å²) in [7, 11) is 1.62. The number of methoxy groups -OCH3 is 1. The molecule has 0 fully saturated rings. The predicted octanol–water partition coefficient (Wildman–Crippen LogP) is 3.12. The van der Waals surface area contributed by atoms with E-state index in [1.165, 1.54) is 0 Å². The van der Waals surface area contributed by atoms with Gasteiger partial charge in [0.1, 0.15) is 5.75 Å². The molecule has 0 aliphatic heterocycles. The number of amides is 1. The lowest BCUT2D eigenvalue weighted by Crippen LogP contribution is -2.10. The lowest BCUT2D eigenvalue weighted by molar-refractivity contribution is -0.116. The third-order valence-electron chi connectivity index (χ3n) is 2.44. The first-order chi connectivity index (χ1) is 8.26. The molecule has 0 aromatic heterocycles. The molecule has 1 aromatic carbocycles. The highest BCUT2D eigenvalue weighted by atomic mass is 32.1. The van der Waals surface area contributed by atoms with E-state index in [1.54, 1.807) is 7.11 Å². The van der Waals surface area contributed by atoms with Gasteiger partial charge in [-0.1, -0.05) is 6.42 Å². The Labute approximate surface area is 108 Å². The Morgan fingerprint density at radius 3 is 2.53 bits per heavy atom. The molecule has 0 atom stereocenters. The average Bonchev–Trinajstić information content (AvgIpc) is 2.36. The summed E-state index contributed by atoms with van der Waals surface area (Å²) >= 11 is 4.13. The average molecular weight is 253 g/mol. The van der Waals surface area contributed by atoms with E-state index in [4.69, 9.17) is 4.74 Å². The molecule has 17 heavy (non-hydrogen) atoms. The number of benzene rings is 1. The van der Waals surface area contributed by atoms with Gasteiger partial charge in [0.05, 0.1) is 7.11 Å². The summed E-state index contributed by atoms with van der Waals surface area (Å²) in [4.78, 5) is 11.6. The molecule has 1 aromatic rings. The van der Waals surface area contributed by atoms with Crippen molar-refractivity contribution in [2.24, 2.45) is 0 Å². The van der Waals surface area contributed by atoms with Gasteiger partial charge in [0.25, 0.3) is 0 Å². The van der Waals surface area contributed by atoms with Gasteiger partial charge in [-0.3, -0.25) is 4.79 Å². The van der Waals surface area contributed by atoms with Crippen molar-refractivity contribution in [2.45, 2.75) is 25.7 Å². The first kappa shape index (κ1) is 13.9. The second-order valence-electron chi connectivity index (χ2n) is 3.81. The Balaban J connectivity index is 2.29. The van der Waals surface area contributed by atoms with E-state index >= 15 is 0 Å². The van der Waals surface area contributed by atoms with Crippen molar-refractivity contribution < 1.29 is 9.53 Å². The minimum absolute atomic E-state index is 0.0642. The van der Waals surface area contributed by atoms with Crippen LogP contribution in [0.5, 0.6) is 5.75 Å². The number of hydrogen-bond donors (Lipinski definition) is 2. The number of unbranched alkanes of at least 4 members (excludes halogenated alkanes) is 2. The smallest absolute Gasteiger partial charge is 0.224 e. The van der Waals surface area contributed by atoms with Gasteiger partial charge in [-0.25, -0.2) is 0 Å². The van der Waals surface area contributed by atoms with Crippen LogP contribution in [0.2, 0.25) is 0 Å². The van der Waals surface area contributed by atoms with E-state index in [0.29, 0.717) is 6.42 Å². The van der Waals surface area contributed by atoms with Gasteiger partial charge in [0, 0.05) is 12.1 Å². The monoisotopic (exact) mass is 253 g/mol. The third-order valence-corrected chi connectivity index (χ3v) is 2.75. The number of carbonyl (C=O) groups excluding carboxylic acids is 1. The van der Waals surface area contributed by atoms with Crippen molar-refractivity contribution in [3.05, 3.63) is 24.3 Å². The van der Waals surface area contributed by atoms with E-state index in [2.05, 4.69) is 17.9 Å². The van der Waals surface area contributed by atoms with Crippen molar-refractivity contribution in [1.29, 1.82) is 0 Å². The van der Waals surface area contributed by atoms with Crippen LogP contribution in [0.4, 0.5) is 5.69 Å². The number of ether oxygens (including phenoxy) is 1. The lowest BCUT2D eigenvalue weighted by Gasteiger charge is -2.06. The van der Waals surface area contributed by atoms with Gasteiger partial charge in [-0.15, -0.1) is 0 Å². The molecule has 1 rings (SSSR count). The van der Waals surface area contributed by atoms with Crippen LogP contribution >= 0.6 is 12.6 Å². The topological polar surface area (TPSA) is 38.3 Å². The fourth-order valence-corrected chi connectivity index (χ4v) is 1.70. The third kappa shape index (κ3) is 5.63. The Morgan fingerprint density at radius 1 is 1.24 bits per heavy atom. The molecule has 1 N–H and O–H groups in total. The zero-order valence-corrected chi connectivity index (χ0v) is 11.0. The second-order valence-corrected chi connectivity index (χ2v) is 4.26. The summed E-state index contributed by atoms with van der Waals surface area (Å²) in [6.45, 7) is 0. The number of thiol groups is 1. The van der Waals surface area contributed by atoms with Crippen LogP contribution in [0.25, 0.3) is 0 Å². The molecule has 0 radical (unpaired) electrons. The first-order valence-corrected chi connectivity index (χ1v) is 6.44. The van der Waals surface area contributed by atoms with Crippen molar-refractivity contribution in [3.63, 3.8) is 0 Å². The Hall–Kier alpha value is -1.16. The SMILES string of the molecule is COc1ccc(NC(=O)CCCCCS)cc1. The normalized spacial score (nSPS) is 10.0. The molecule has 94 valence electrons. The maximum absolute atomic E-state index is 11.6. The molecule has 0 unspecified atom stereocenters. The number of rotatable bonds is 7. The van der Waals surface area contributed by atoms with Crippen LogP contribution < -0.4 is 10.1 Å². The highest BCUT2D eigenvalue weighted by Gasteiger charge is 2.02. The molecule has 0 saturated heterocycles. The molecular weight excluding hydrogens is 234 g/mol. The van der Waals surface area contributed by atoms with Crippen LogP contribution in [0.1, 0.15) is 25.7 Å². The Kier molecular flexibility index (Phi) is 6.55. The highest BCUT2D eigenvalue weighted by molar-refractivity contribution is 7.80. The summed E-state index contributed by atoms with van der Waals surface area (Å²) < 4.78 is 5.05. The summed E-state index contributed by atoms with van der Waals surface area (Å²) in [6, 6.07) is 7.34. The number of hydrogen-bond acceptors (Lipinski definition) is 3. The van der Waals surface area contributed by atoms with E-state index in [9.17, 15) is 4.79 Å². The van der Waals surface area contributed by atoms with Gasteiger partial charge in [0.2, 0.25) is 5.91 Å². The van der Waals surface area contributed by atoms with Crippen molar-refractivity contribution in [2.75, 3.05) is 18.2 Å². The van der Waals surface area contributed by atoms with Gasteiger partial charge in [-0.05, 0) is 42.9 Å². The number of carbonyl (C=O) groups is 1. The molecule has 4 heteroatoms. The van der Waals surface area contributed by atoms with Gasteiger partial charge in [0.15, 0.2) is 0 Å². The standard InChI is InChI=1S/C13H19NO2S/c1-16-12-8-6-11(7-9-12)14-13(15)5-3-2-4-10-17/h6-9,17H,2-5,10H2,1H3,(H,14,15). The van der Waals surface area contributed by atoms with Crippen LogP contribution in [-0.4, -0.2) is 18.8 Å². The van der Waals surface area contributed by atoms with Crippen molar-refractivity contribution in [3.8, 4) is 5.75 Å². The minimum Gasteiger partial charge on any atom is -0.497 e. The van der Waals surface area contributed by atoms with Crippen molar-refractivity contribution >= 4 is 24.2 Å². The van der Waals surface area contributed by atoms with E-state index < -0.39 is 0 Å². The molecular formula is C13H19NO2S. The minimum atomic E-state index is 0.0642. The fraction of sp³-hybridized carbons (Fsp3) is 0.462. The lowest BCUT2D eigenvalue weighted by atomic mass is 10.2. The summed E-state index contributed by atoms with van der Waals surface area (Å²) in [5.41, 5.74) is 0.810. The molecule has 1 amide bonds. The zero-order chi connectivity index (χ0) is 12.5. The van der Waals surface area contributed by atoms with Crippen LogP contribution in [0.3, 0.4) is 0 Å². The summed E-state index contributed by atoms with van der Waals surface area (Å²) in [6.07, 6.45) is 3.61. The molecule has 0 bridgehead atoms. The molecule has 3 nitrogen and oxygen atoms in total. The summed E-state index contributed by atoms with van der Waals surface area (Å²) in [5.74, 6) is 1.74. The van der Waals surface area contributed by atoms with Gasteiger partial charge >= 0.3 is 0 Å². The summed E-state index contributed by atoms with van der Waals surface area (Å²) in [5, 5.41) is 2.86. The Bertz CT molecular complexity index is 338. The quantitative estimate of drug-likeness (QED) is 0.579. The molecule has 0 aliphatic rings. The predicted molar refractivity (Wildman–Crippen MR) is 73.9 cm³/mol. The number of anilines is 1. The maximum atomic E-state index is 11.6. The Morgan fingerprint density at radius 2 is 1.94 bits per heavy atom. The molecule has 0 spiro atoms. The molecule has 0 heterocycles. The van der Waals surface area contributed by atoms with Crippen LogP contribution in [-0.2, 0) is 4.79 Å². The largest absolute Gasteiger partial charge is 0.497 e. The van der Waals surface area contributed by atoms with E-state index in [0.717, 1.165) is 36.5 Å². The fourth-order valence-electron chi connectivity index (χ4n) is 1.47. The maximum Gasteiger partial charge on any atom is 0.224 e. The second kappa shape index (κ2) is 8.01. The zero-order valence-electron chi connectivity index (χ0n) is 10.1. The van der Waals surface area contributed by atoms with Gasteiger partial charge < -0.3 is 10.1 Å².